The Kier molecular flexibility index (Phi) is 3.33. The van der Waals surface area contributed by atoms with Crippen molar-refractivity contribution >= 4 is 11.7 Å². The highest BCUT2D eigenvalue weighted by Gasteiger charge is 2.04. The summed E-state index contributed by atoms with van der Waals surface area (Å²) in [6.07, 6.45) is 5.05. The number of rotatable bonds is 3. The number of nitrogens with zero attached hydrogens (tertiary/aromatic N) is 2. The molecule has 3 rings (SSSR count). The standard InChI is InChI=1S/C15H13N3O2/c19-15(20-13-4-2-1-3-5-13)17-10-12-6-7-14-16-8-9-18(14)11-12/h1-9,11H,10H2,(H,17,19). The molecule has 2 aromatic heterocycles. The first kappa shape index (κ1) is 12.2. The first-order valence-electron chi connectivity index (χ1n) is 6.23. The number of hydrogen-bond donors (Lipinski definition) is 1. The van der Waals surface area contributed by atoms with Gasteiger partial charge in [0, 0.05) is 25.1 Å². The summed E-state index contributed by atoms with van der Waals surface area (Å²) in [5, 5.41) is 2.71. The third-order valence-electron chi connectivity index (χ3n) is 2.84. The van der Waals surface area contributed by atoms with Crippen molar-refractivity contribution in [1.82, 2.24) is 14.7 Å². The van der Waals surface area contributed by atoms with Gasteiger partial charge in [0.15, 0.2) is 0 Å². The molecule has 0 atom stereocenters. The molecule has 0 spiro atoms. The van der Waals surface area contributed by atoms with Crippen molar-refractivity contribution in [2.45, 2.75) is 6.54 Å². The highest BCUT2D eigenvalue weighted by atomic mass is 16.5. The molecule has 5 nitrogen and oxygen atoms in total. The second-order valence-corrected chi connectivity index (χ2v) is 4.29. The van der Waals surface area contributed by atoms with Crippen molar-refractivity contribution in [2.24, 2.45) is 0 Å². The zero-order valence-electron chi connectivity index (χ0n) is 10.7. The van der Waals surface area contributed by atoms with Gasteiger partial charge in [0.25, 0.3) is 0 Å². The van der Waals surface area contributed by atoms with Crippen molar-refractivity contribution in [3.8, 4) is 5.75 Å². The minimum Gasteiger partial charge on any atom is -0.410 e. The zero-order chi connectivity index (χ0) is 13.8. The van der Waals surface area contributed by atoms with Crippen molar-refractivity contribution in [2.75, 3.05) is 0 Å². The van der Waals surface area contributed by atoms with Gasteiger partial charge in [-0.25, -0.2) is 9.78 Å². The highest BCUT2D eigenvalue weighted by Crippen LogP contribution is 2.09. The summed E-state index contributed by atoms with van der Waals surface area (Å²) in [6, 6.07) is 12.8. The van der Waals surface area contributed by atoms with Crippen LogP contribution >= 0.6 is 0 Å². The molecule has 1 aromatic carbocycles. The van der Waals surface area contributed by atoms with E-state index in [2.05, 4.69) is 10.3 Å². The molecule has 0 bridgehead atoms. The van der Waals surface area contributed by atoms with Gasteiger partial charge in [0.05, 0.1) is 0 Å². The maximum absolute atomic E-state index is 11.6. The van der Waals surface area contributed by atoms with E-state index in [9.17, 15) is 4.79 Å². The highest BCUT2D eigenvalue weighted by molar-refractivity contribution is 5.70. The molecule has 0 aliphatic rings. The lowest BCUT2D eigenvalue weighted by atomic mass is 10.3. The number of carbonyl (C=O) groups is 1. The predicted octanol–water partition coefficient (Wildman–Crippen LogP) is 2.62. The van der Waals surface area contributed by atoms with Crippen LogP contribution in [0.4, 0.5) is 4.79 Å². The number of pyridine rings is 1. The summed E-state index contributed by atoms with van der Waals surface area (Å²) in [5.74, 6) is 0.523. The molecule has 1 N–H and O–H groups in total. The quantitative estimate of drug-likeness (QED) is 0.793. The number of aromatic nitrogens is 2. The summed E-state index contributed by atoms with van der Waals surface area (Å²) in [5.41, 5.74) is 1.85. The molecule has 3 aromatic rings. The lowest BCUT2D eigenvalue weighted by Gasteiger charge is -2.07. The Morgan fingerprint density at radius 1 is 1.20 bits per heavy atom. The number of benzene rings is 1. The number of ether oxygens (including phenoxy) is 1. The Morgan fingerprint density at radius 3 is 2.90 bits per heavy atom. The number of amides is 1. The van der Waals surface area contributed by atoms with Crippen LogP contribution in [0.25, 0.3) is 5.65 Å². The SMILES string of the molecule is O=C(NCc1ccc2nccn2c1)Oc1ccccc1. The number of nitrogens with one attached hydrogen (secondary N) is 1. The predicted molar refractivity (Wildman–Crippen MR) is 74.5 cm³/mol. The fraction of sp³-hybridized carbons (Fsp3) is 0.0667. The minimum atomic E-state index is -0.470. The fourth-order valence-corrected chi connectivity index (χ4v) is 1.88. The van der Waals surface area contributed by atoms with Gasteiger partial charge in [0.1, 0.15) is 11.4 Å². The Labute approximate surface area is 115 Å². The van der Waals surface area contributed by atoms with Crippen LogP contribution in [0.3, 0.4) is 0 Å². The number of para-hydroxylation sites is 1. The molecule has 1 amide bonds. The Balaban J connectivity index is 1.59. The van der Waals surface area contributed by atoms with Gasteiger partial charge in [-0.3, -0.25) is 0 Å². The van der Waals surface area contributed by atoms with Crippen LogP contribution in [0.15, 0.2) is 61.1 Å². The van der Waals surface area contributed by atoms with E-state index in [1.807, 2.05) is 47.1 Å². The summed E-state index contributed by atoms with van der Waals surface area (Å²) >= 11 is 0. The topological polar surface area (TPSA) is 55.6 Å². The van der Waals surface area contributed by atoms with Gasteiger partial charge in [0.2, 0.25) is 0 Å². The molecule has 2 heterocycles. The van der Waals surface area contributed by atoms with Crippen molar-refractivity contribution in [1.29, 1.82) is 0 Å². The Morgan fingerprint density at radius 2 is 2.05 bits per heavy atom. The van der Waals surface area contributed by atoms with Crippen LogP contribution in [0.1, 0.15) is 5.56 Å². The van der Waals surface area contributed by atoms with E-state index in [0.717, 1.165) is 11.2 Å². The van der Waals surface area contributed by atoms with Gasteiger partial charge < -0.3 is 14.5 Å². The van der Waals surface area contributed by atoms with E-state index >= 15 is 0 Å². The van der Waals surface area contributed by atoms with Crippen LogP contribution in [0.5, 0.6) is 5.75 Å². The van der Waals surface area contributed by atoms with Crippen LogP contribution in [0.2, 0.25) is 0 Å². The molecule has 0 unspecified atom stereocenters. The number of fused-ring (bicyclic) bond motifs is 1. The lowest BCUT2D eigenvalue weighted by molar-refractivity contribution is 0.200. The third-order valence-corrected chi connectivity index (χ3v) is 2.84. The van der Waals surface area contributed by atoms with Crippen molar-refractivity contribution in [3.05, 3.63) is 66.6 Å². The molecule has 0 aliphatic heterocycles. The summed E-state index contributed by atoms with van der Waals surface area (Å²) in [7, 11) is 0. The molecule has 0 saturated heterocycles. The molecule has 0 fully saturated rings. The summed E-state index contributed by atoms with van der Waals surface area (Å²) in [6.45, 7) is 0.403. The first-order chi connectivity index (χ1) is 9.81. The molecule has 20 heavy (non-hydrogen) atoms. The molecule has 100 valence electrons. The van der Waals surface area contributed by atoms with Crippen molar-refractivity contribution < 1.29 is 9.53 Å². The first-order valence-corrected chi connectivity index (χ1v) is 6.23. The normalized spacial score (nSPS) is 10.4. The van der Waals surface area contributed by atoms with E-state index in [0.29, 0.717) is 12.3 Å². The Bertz CT molecular complexity index is 722. The molecular formula is C15H13N3O2. The van der Waals surface area contributed by atoms with Gasteiger partial charge in [-0.1, -0.05) is 24.3 Å². The average molecular weight is 267 g/mol. The second kappa shape index (κ2) is 5.44. The molecular weight excluding hydrogens is 254 g/mol. The van der Waals surface area contributed by atoms with Crippen LogP contribution < -0.4 is 10.1 Å². The molecule has 0 saturated carbocycles. The van der Waals surface area contributed by atoms with E-state index in [1.54, 1.807) is 18.3 Å². The molecule has 0 radical (unpaired) electrons. The van der Waals surface area contributed by atoms with Crippen LogP contribution in [-0.2, 0) is 6.54 Å². The summed E-state index contributed by atoms with van der Waals surface area (Å²) < 4.78 is 7.04. The van der Waals surface area contributed by atoms with Crippen LogP contribution in [0, 0.1) is 0 Å². The minimum absolute atomic E-state index is 0.403. The van der Waals surface area contributed by atoms with Gasteiger partial charge in [-0.15, -0.1) is 0 Å². The number of imidazole rings is 1. The van der Waals surface area contributed by atoms with Crippen molar-refractivity contribution in [3.63, 3.8) is 0 Å². The molecule has 0 aliphatic carbocycles. The van der Waals surface area contributed by atoms with Crippen LogP contribution in [-0.4, -0.2) is 15.5 Å². The second-order valence-electron chi connectivity index (χ2n) is 4.29. The molecule has 5 heteroatoms. The largest absolute Gasteiger partial charge is 0.412 e. The van der Waals surface area contributed by atoms with Gasteiger partial charge in [-0.2, -0.15) is 0 Å². The van der Waals surface area contributed by atoms with Gasteiger partial charge in [-0.05, 0) is 23.8 Å². The maximum atomic E-state index is 11.6. The fourth-order valence-electron chi connectivity index (χ4n) is 1.88. The third kappa shape index (κ3) is 2.77. The average Bonchev–Trinajstić information content (AvgIpc) is 2.93. The van der Waals surface area contributed by atoms with E-state index in [-0.39, 0.29) is 0 Å². The van der Waals surface area contributed by atoms with E-state index in [4.69, 9.17) is 4.74 Å². The number of hydrogen-bond acceptors (Lipinski definition) is 3. The monoisotopic (exact) mass is 267 g/mol. The van der Waals surface area contributed by atoms with E-state index in [1.165, 1.54) is 0 Å². The maximum Gasteiger partial charge on any atom is 0.412 e. The summed E-state index contributed by atoms with van der Waals surface area (Å²) in [4.78, 5) is 15.8. The Hall–Kier alpha value is -2.82. The number of carbonyl (C=O) groups excluding carboxylic acids is 1. The zero-order valence-corrected chi connectivity index (χ0v) is 10.7. The smallest absolute Gasteiger partial charge is 0.410 e. The lowest BCUT2D eigenvalue weighted by Crippen LogP contribution is -2.26. The van der Waals surface area contributed by atoms with Gasteiger partial charge >= 0.3 is 6.09 Å². The van der Waals surface area contributed by atoms with E-state index < -0.39 is 6.09 Å².